The van der Waals surface area contributed by atoms with E-state index in [2.05, 4.69) is 5.10 Å². The summed E-state index contributed by atoms with van der Waals surface area (Å²) in [6, 6.07) is 0. The van der Waals surface area contributed by atoms with E-state index >= 15 is 0 Å². The minimum atomic E-state index is -0.397. The minimum Gasteiger partial charge on any atom is -0.298 e. The van der Waals surface area contributed by atoms with Gasteiger partial charge >= 0.3 is 5.69 Å². The van der Waals surface area contributed by atoms with Crippen LogP contribution < -0.4 is 0 Å². The van der Waals surface area contributed by atoms with Crippen LogP contribution in [0.3, 0.4) is 0 Å². The van der Waals surface area contributed by atoms with Crippen LogP contribution in [0.15, 0.2) is 0 Å². The van der Waals surface area contributed by atoms with Crippen LogP contribution in [0.5, 0.6) is 0 Å². The zero-order chi connectivity index (χ0) is 13.7. The van der Waals surface area contributed by atoms with Gasteiger partial charge in [-0.25, -0.2) is 0 Å². The molecule has 1 rings (SSSR count). The Hall–Kier alpha value is -1.72. The second kappa shape index (κ2) is 6.28. The fourth-order valence-corrected chi connectivity index (χ4v) is 2.00. The van der Waals surface area contributed by atoms with Gasteiger partial charge in [0, 0.05) is 6.42 Å². The number of rotatable bonds is 7. The number of carbonyl (C=O) groups is 1. The van der Waals surface area contributed by atoms with Gasteiger partial charge in [0.1, 0.15) is 17.9 Å². The Labute approximate surface area is 106 Å². The number of aryl methyl sites for hydroxylation is 1. The molecule has 0 N–H and O–H groups in total. The topological polar surface area (TPSA) is 78.0 Å². The van der Waals surface area contributed by atoms with Crippen molar-refractivity contribution < 1.29 is 9.72 Å². The lowest BCUT2D eigenvalue weighted by atomic mass is 10.2. The van der Waals surface area contributed by atoms with Crippen LogP contribution in [0.4, 0.5) is 5.69 Å². The number of hydrogen-bond donors (Lipinski definition) is 0. The summed E-state index contributed by atoms with van der Waals surface area (Å²) in [6.45, 7) is 5.73. The largest absolute Gasteiger partial charge is 0.313 e. The Balaban J connectivity index is 3.12. The van der Waals surface area contributed by atoms with Crippen molar-refractivity contribution in [2.24, 2.45) is 0 Å². The molecule has 0 atom stereocenters. The normalized spacial score (nSPS) is 10.6. The minimum absolute atomic E-state index is 0.0623. The van der Waals surface area contributed by atoms with Gasteiger partial charge in [0.15, 0.2) is 5.78 Å². The van der Waals surface area contributed by atoms with Gasteiger partial charge in [-0.2, -0.15) is 5.10 Å². The molecule has 1 aromatic heterocycles. The highest BCUT2D eigenvalue weighted by Gasteiger charge is 2.25. The van der Waals surface area contributed by atoms with Gasteiger partial charge in [-0.05, 0) is 19.3 Å². The third-order valence-corrected chi connectivity index (χ3v) is 2.81. The number of nitrogens with zero attached hydrogens (tertiary/aromatic N) is 3. The first-order valence-electron chi connectivity index (χ1n) is 6.29. The molecule has 0 aliphatic heterocycles. The summed E-state index contributed by atoms with van der Waals surface area (Å²) < 4.78 is 1.50. The highest BCUT2D eigenvalue weighted by molar-refractivity contribution is 5.78. The number of hydrogen-bond acceptors (Lipinski definition) is 4. The van der Waals surface area contributed by atoms with Crippen LogP contribution >= 0.6 is 0 Å². The Bertz CT molecular complexity index is 452. The molecule has 0 aliphatic carbocycles. The van der Waals surface area contributed by atoms with E-state index in [-0.39, 0.29) is 18.0 Å². The second-order valence-corrected chi connectivity index (χ2v) is 4.15. The van der Waals surface area contributed by atoms with E-state index in [0.29, 0.717) is 30.7 Å². The summed E-state index contributed by atoms with van der Waals surface area (Å²) in [5, 5.41) is 15.2. The third kappa shape index (κ3) is 2.94. The van der Waals surface area contributed by atoms with E-state index in [1.165, 1.54) is 4.68 Å². The summed E-state index contributed by atoms with van der Waals surface area (Å²) in [5.74, 6) is 0.0623. The Morgan fingerprint density at radius 3 is 2.44 bits per heavy atom. The molecule has 1 heterocycles. The number of carbonyl (C=O) groups excluding carboxylic acids is 1. The van der Waals surface area contributed by atoms with Crippen molar-refractivity contribution >= 4 is 11.5 Å². The number of ketones is 1. The van der Waals surface area contributed by atoms with Gasteiger partial charge in [-0.15, -0.1) is 0 Å². The van der Waals surface area contributed by atoms with E-state index in [9.17, 15) is 14.9 Å². The second-order valence-electron chi connectivity index (χ2n) is 4.15. The van der Waals surface area contributed by atoms with Crippen LogP contribution in [0, 0.1) is 10.1 Å². The molecule has 0 fully saturated rings. The first-order valence-corrected chi connectivity index (χ1v) is 6.29. The van der Waals surface area contributed by atoms with Crippen LogP contribution in [0.2, 0.25) is 0 Å². The first-order chi connectivity index (χ1) is 8.54. The molecule has 0 saturated carbocycles. The van der Waals surface area contributed by atoms with Crippen molar-refractivity contribution in [3.05, 3.63) is 21.5 Å². The number of Topliss-reactive ketones (excluding diaryl/α,β-unsaturated/α-hetero) is 1. The lowest BCUT2D eigenvalue weighted by Gasteiger charge is -2.03. The quantitative estimate of drug-likeness (QED) is 0.551. The number of aromatic nitrogens is 2. The summed E-state index contributed by atoms with van der Waals surface area (Å²) in [5.41, 5.74) is 1.08. The molecule has 0 aliphatic rings. The predicted molar refractivity (Wildman–Crippen MR) is 67.6 cm³/mol. The lowest BCUT2D eigenvalue weighted by Crippen LogP contribution is -2.13. The van der Waals surface area contributed by atoms with Gasteiger partial charge in [0.25, 0.3) is 0 Å². The maximum Gasteiger partial charge on any atom is 0.313 e. The molecular weight excluding hydrogens is 234 g/mol. The first kappa shape index (κ1) is 14.3. The fraction of sp³-hybridized carbons (Fsp3) is 0.667. The lowest BCUT2D eigenvalue weighted by molar-refractivity contribution is -0.386. The molecule has 100 valence electrons. The van der Waals surface area contributed by atoms with Crippen molar-refractivity contribution in [3.63, 3.8) is 0 Å². The Morgan fingerprint density at radius 2 is 2.00 bits per heavy atom. The molecule has 0 unspecified atom stereocenters. The average molecular weight is 253 g/mol. The van der Waals surface area contributed by atoms with Crippen molar-refractivity contribution in [3.8, 4) is 0 Å². The smallest absolute Gasteiger partial charge is 0.298 e. The van der Waals surface area contributed by atoms with Crippen molar-refractivity contribution in [1.29, 1.82) is 0 Å². The molecule has 0 spiro atoms. The summed E-state index contributed by atoms with van der Waals surface area (Å²) in [6.07, 6.45) is 2.27. The summed E-state index contributed by atoms with van der Waals surface area (Å²) in [7, 11) is 0. The van der Waals surface area contributed by atoms with Gasteiger partial charge in [-0.3, -0.25) is 19.6 Å². The van der Waals surface area contributed by atoms with E-state index in [1.807, 2.05) is 20.8 Å². The van der Waals surface area contributed by atoms with Gasteiger partial charge in [-0.1, -0.05) is 20.8 Å². The van der Waals surface area contributed by atoms with Gasteiger partial charge in [0.2, 0.25) is 0 Å². The molecule has 6 nitrogen and oxygen atoms in total. The average Bonchev–Trinajstić information content (AvgIpc) is 2.66. The van der Waals surface area contributed by atoms with Gasteiger partial charge in [0.05, 0.1) is 4.92 Å². The Kier molecular flexibility index (Phi) is 5.00. The maximum atomic E-state index is 11.6. The van der Waals surface area contributed by atoms with Crippen LogP contribution in [-0.2, 0) is 24.2 Å². The zero-order valence-electron chi connectivity index (χ0n) is 11.1. The monoisotopic (exact) mass is 253 g/mol. The van der Waals surface area contributed by atoms with E-state index in [4.69, 9.17) is 0 Å². The molecule has 0 bridgehead atoms. The molecule has 6 heteroatoms. The van der Waals surface area contributed by atoms with Crippen molar-refractivity contribution in [2.75, 3.05) is 0 Å². The SMILES string of the molecule is CCCC(=O)Cn1nc(CC)c([N+](=O)[O-])c1CC. The van der Waals surface area contributed by atoms with Crippen molar-refractivity contribution in [1.82, 2.24) is 9.78 Å². The summed E-state index contributed by atoms with van der Waals surface area (Å²) >= 11 is 0. The molecule has 0 aromatic carbocycles. The van der Waals surface area contributed by atoms with Crippen LogP contribution in [0.1, 0.15) is 45.0 Å². The third-order valence-electron chi connectivity index (χ3n) is 2.81. The fourth-order valence-electron chi connectivity index (χ4n) is 2.00. The Morgan fingerprint density at radius 1 is 1.33 bits per heavy atom. The van der Waals surface area contributed by atoms with E-state index in [0.717, 1.165) is 6.42 Å². The number of nitro groups is 1. The standard InChI is InChI=1S/C12H19N3O3/c1-4-7-9(16)8-14-11(6-3)12(15(17)18)10(5-2)13-14/h4-8H2,1-3H3. The van der Waals surface area contributed by atoms with Gasteiger partial charge < -0.3 is 0 Å². The molecule has 18 heavy (non-hydrogen) atoms. The highest BCUT2D eigenvalue weighted by atomic mass is 16.6. The van der Waals surface area contributed by atoms with Crippen molar-refractivity contribution in [2.45, 2.75) is 53.0 Å². The van der Waals surface area contributed by atoms with E-state index < -0.39 is 4.92 Å². The molecule has 0 amide bonds. The summed E-state index contributed by atoms with van der Waals surface area (Å²) in [4.78, 5) is 22.3. The van der Waals surface area contributed by atoms with Crippen LogP contribution in [-0.4, -0.2) is 20.5 Å². The maximum absolute atomic E-state index is 11.6. The highest BCUT2D eigenvalue weighted by Crippen LogP contribution is 2.24. The molecule has 0 radical (unpaired) electrons. The van der Waals surface area contributed by atoms with Crippen LogP contribution in [0.25, 0.3) is 0 Å². The zero-order valence-corrected chi connectivity index (χ0v) is 11.1. The molecule has 1 aromatic rings. The predicted octanol–water partition coefficient (Wildman–Crippen LogP) is 2.29. The molecule has 0 saturated heterocycles. The molecular formula is C12H19N3O3. The van der Waals surface area contributed by atoms with E-state index in [1.54, 1.807) is 0 Å².